The Balaban J connectivity index is 2.48. The van der Waals surface area contributed by atoms with Crippen LogP contribution in [0.25, 0.3) is 0 Å². The number of aliphatic imine (C=N–C) groups is 1. The van der Waals surface area contributed by atoms with Crippen molar-refractivity contribution in [3.05, 3.63) is 12.3 Å². The van der Waals surface area contributed by atoms with Crippen molar-refractivity contribution in [1.29, 1.82) is 0 Å². The second kappa shape index (κ2) is 4.36. The van der Waals surface area contributed by atoms with Gasteiger partial charge in [-0.3, -0.25) is 10.3 Å². The molecule has 0 aromatic heterocycles. The van der Waals surface area contributed by atoms with Crippen molar-refractivity contribution in [2.75, 3.05) is 19.8 Å². The molecule has 0 radical (unpaired) electrons. The molecule has 5 nitrogen and oxygen atoms in total. The maximum absolute atomic E-state index is 9.85. The van der Waals surface area contributed by atoms with Crippen LogP contribution in [-0.4, -0.2) is 47.0 Å². The molecular formula is C8H15N3O2. The lowest BCUT2D eigenvalue weighted by Gasteiger charge is -2.36. The van der Waals surface area contributed by atoms with Crippen LogP contribution in [0, 0.1) is 0 Å². The molecule has 0 bridgehead atoms. The van der Waals surface area contributed by atoms with E-state index in [0.29, 0.717) is 13.2 Å². The van der Waals surface area contributed by atoms with Gasteiger partial charge < -0.3 is 15.1 Å². The summed E-state index contributed by atoms with van der Waals surface area (Å²) in [5, 5.41) is 21.2. The van der Waals surface area contributed by atoms with Crippen LogP contribution in [0.2, 0.25) is 0 Å². The van der Waals surface area contributed by atoms with E-state index in [2.05, 4.69) is 10.3 Å². The topological polar surface area (TPSA) is 68.1 Å². The molecule has 1 aliphatic heterocycles. The summed E-state index contributed by atoms with van der Waals surface area (Å²) >= 11 is 0. The molecule has 0 spiro atoms. The van der Waals surface area contributed by atoms with Crippen LogP contribution < -0.4 is 5.32 Å². The highest BCUT2D eigenvalue weighted by Gasteiger charge is 2.25. The molecule has 1 rings (SSSR count). The van der Waals surface area contributed by atoms with Crippen LogP contribution in [0.15, 0.2) is 17.3 Å². The maximum Gasteiger partial charge on any atom is 0.193 e. The van der Waals surface area contributed by atoms with E-state index in [1.54, 1.807) is 30.3 Å². The molecule has 5 heteroatoms. The molecule has 3 N–H and O–H groups in total. The molecule has 0 saturated heterocycles. The molecule has 1 aliphatic rings. The first-order chi connectivity index (χ1) is 6.17. The summed E-state index contributed by atoms with van der Waals surface area (Å²) in [5.41, 5.74) is 0. The van der Waals surface area contributed by atoms with Crippen LogP contribution in [0.3, 0.4) is 0 Å². The quantitative estimate of drug-likeness (QED) is 0.496. The third kappa shape index (κ3) is 2.80. The van der Waals surface area contributed by atoms with Gasteiger partial charge in [0.1, 0.15) is 6.67 Å². The van der Waals surface area contributed by atoms with Gasteiger partial charge in [0.15, 0.2) is 5.85 Å². The summed E-state index contributed by atoms with van der Waals surface area (Å²) in [6.07, 6.45) is 5.18. The zero-order valence-electron chi connectivity index (χ0n) is 7.64. The van der Waals surface area contributed by atoms with Crippen LogP contribution >= 0.6 is 0 Å². The van der Waals surface area contributed by atoms with Gasteiger partial charge in [-0.2, -0.15) is 0 Å². The molecule has 74 valence electrons. The largest absolute Gasteiger partial charge is 0.395 e. The third-order valence-electron chi connectivity index (χ3n) is 1.82. The van der Waals surface area contributed by atoms with E-state index in [9.17, 15) is 5.11 Å². The number of hydrogen-bond acceptors (Lipinski definition) is 5. The van der Waals surface area contributed by atoms with Crippen molar-refractivity contribution in [2.24, 2.45) is 4.99 Å². The van der Waals surface area contributed by atoms with Gasteiger partial charge in [-0.15, -0.1) is 0 Å². The lowest BCUT2D eigenvalue weighted by atomic mass is 10.3. The molecule has 0 aliphatic carbocycles. The number of nitrogens with zero attached hydrogens (tertiary/aromatic N) is 2. The zero-order valence-corrected chi connectivity index (χ0v) is 7.64. The second-order valence-corrected chi connectivity index (χ2v) is 2.96. The highest BCUT2D eigenvalue weighted by atomic mass is 16.3. The standard InChI is InChI=1S/C8H15N3O2/c1-8(13,10-4-6-12)11-5-2-3-9-7-11/h2-3,5,10,12-13H,4,6-7H2,1H3. The molecule has 1 heterocycles. The molecule has 13 heavy (non-hydrogen) atoms. The average molecular weight is 185 g/mol. The maximum atomic E-state index is 9.85. The van der Waals surface area contributed by atoms with Crippen LogP contribution in [-0.2, 0) is 0 Å². The zero-order chi connectivity index (χ0) is 9.73. The minimum Gasteiger partial charge on any atom is -0.395 e. The fourth-order valence-electron chi connectivity index (χ4n) is 1.06. The Morgan fingerprint density at radius 2 is 2.46 bits per heavy atom. The normalized spacial score (nSPS) is 20.4. The van der Waals surface area contributed by atoms with Gasteiger partial charge in [-0.25, -0.2) is 0 Å². The molecule has 0 aromatic carbocycles. The van der Waals surface area contributed by atoms with Crippen LogP contribution in [0.5, 0.6) is 0 Å². The van der Waals surface area contributed by atoms with E-state index in [4.69, 9.17) is 5.11 Å². The molecule has 0 saturated carbocycles. The Hall–Kier alpha value is -0.910. The first-order valence-corrected chi connectivity index (χ1v) is 4.18. The second-order valence-electron chi connectivity index (χ2n) is 2.96. The predicted molar refractivity (Wildman–Crippen MR) is 50.1 cm³/mol. The smallest absolute Gasteiger partial charge is 0.193 e. The number of aliphatic hydroxyl groups excluding tert-OH is 1. The molecular weight excluding hydrogens is 170 g/mol. The first-order valence-electron chi connectivity index (χ1n) is 4.18. The Labute approximate surface area is 77.4 Å². The van der Waals surface area contributed by atoms with E-state index in [1.165, 1.54) is 0 Å². The predicted octanol–water partition coefficient (Wildman–Crippen LogP) is -0.908. The number of rotatable bonds is 4. The van der Waals surface area contributed by atoms with E-state index < -0.39 is 5.85 Å². The summed E-state index contributed by atoms with van der Waals surface area (Å²) in [6, 6.07) is 0. The lowest BCUT2D eigenvalue weighted by Crippen LogP contribution is -2.55. The minimum atomic E-state index is -1.16. The number of allylic oxidation sites excluding steroid dienone is 1. The average Bonchev–Trinajstić information content (AvgIpc) is 2.16. The Morgan fingerprint density at radius 3 is 3.00 bits per heavy atom. The van der Waals surface area contributed by atoms with Gasteiger partial charge in [-0.05, 0) is 13.0 Å². The van der Waals surface area contributed by atoms with Gasteiger partial charge in [0, 0.05) is 19.0 Å². The van der Waals surface area contributed by atoms with Crippen molar-refractivity contribution >= 4 is 6.21 Å². The summed E-state index contributed by atoms with van der Waals surface area (Å²) in [5.74, 6) is -1.16. The van der Waals surface area contributed by atoms with E-state index in [1.807, 2.05) is 0 Å². The highest BCUT2D eigenvalue weighted by Crippen LogP contribution is 2.09. The van der Waals surface area contributed by atoms with E-state index >= 15 is 0 Å². The highest BCUT2D eigenvalue weighted by molar-refractivity contribution is 5.71. The van der Waals surface area contributed by atoms with Crippen molar-refractivity contribution in [3.8, 4) is 0 Å². The molecule has 0 amide bonds. The molecule has 1 atom stereocenters. The minimum absolute atomic E-state index is 0.00300. The van der Waals surface area contributed by atoms with Crippen LogP contribution in [0.1, 0.15) is 6.92 Å². The fourth-order valence-corrected chi connectivity index (χ4v) is 1.06. The SMILES string of the molecule is CC(O)(NCCO)N1C=CC=NC1. The fraction of sp³-hybridized carbons (Fsp3) is 0.625. The Morgan fingerprint density at radius 1 is 1.69 bits per heavy atom. The lowest BCUT2D eigenvalue weighted by molar-refractivity contribution is -0.0953. The summed E-state index contributed by atoms with van der Waals surface area (Å²) < 4.78 is 0. The molecule has 0 aromatic rings. The van der Waals surface area contributed by atoms with Crippen molar-refractivity contribution in [2.45, 2.75) is 12.8 Å². The van der Waals surface area contributed by atoms with Gasteiger partial charge in [-0.1, -0.05) is 0 Å². The van der Waals surface area contributed by atoms with Crippen molar-refractivity contribution < 1.29 is 10.2 Å². The Bertz CT molecular complexity index is 213. The number of aliphatic hydroxyl groups is 2. The van der Waals surface area contributed by atoms with Crippen molar-refractivity contribution in [3.63, 3.8) is 0 Å². The summed E-state index contributed by atoms with van der Waals surface area (Å²) in [7, 11) is 0. The van der Waals surface area contributed by atoms with Gasteiger partial charge in [0.05, 0.1) is 6.61 Å². The van der Waals surface area contributed by atoms with Gasteiger partial charge >= 0.3 is 0 Å². The van der Waals surface area contributed by atoms with E-state index in [0.717, 1.165) is 0 Å². The molecule has 0 fully saturated rings. The molecule has 1 unspecified atom stereocenters. The van der Waals surface area contributed by atoms with Gasteiger partial charge in [0.2, 0.25) is 0 Å². The monoisotopic (exact) mass is 185 g/mol. The third-order valence-corrected chi connectivity index (χ3v) is 1.82. The Kier molecular flexibility index (Phi) is 3.41. The summed E-state index contributed by atoms with van der Waals surface area (Å²) in [6.45, 7) is 2.38. The summed E-state index contributed by atoms with van der Waals surface area (Å²) in [4.78, 5) is 5.63. The first kappa shape index (κ1) is 10.2. The number of nitrogens with one attached hydrogen (secondary N) is 1. The van der Waals surface area contributed by atoms with Crippen molar-refractivity contribution in [1.82, 2.24) is 10.2 Å². The van der Waals surface area contributed by atoms with Gasteiger partial charge in [0.25, 0.3) is 0 Å². The van der Waals surface area contributed by atoms with E-state index in [-0.39, 0.29) is 6.61 Å². The number of hydrogen-bond donors (Lipinski definition) is 3. The van der Waals surface area contributed by atoms with Crippen LogP contribution in [0.4, 0.5) is 0 Å².